The molecule has 9 nitrogen and oxygen atoms in total. The Bertz CT molecular complexity index is 1090. The van der Waals surface area contributed by atoms with Crippen LogP contribution in [0.2, 0.25) is 0 Å². The molecule has 1 atom stereocenters. The van der Waals surface area contributed by atoms with Gasteiger partial charge in [0.05, 0.1) is 6.07 Å². The van der Waals surface area contributed by atoms with Crippen molar-refractivity contribution in [1.82, 2.24) is 20.9 Å². The van der Waals surface area contributed by atoms with E-state index in [2.05, 4.69) is 38.3 Å². The molecule has 2 aromatic rings. The molecule has 0 aromatic heterocycles. The Morgan fingerprint density at radius 2 is 1.78 bits per heavy atom. The molecule has 1 fully saturated rings. The van der Waals surface area contributed by atoms with E-state index >= 15 is 0 Å². The van der Waals surface area contributed by atoms with E-state index in [4.69, 9.17) is 5.26 Å². The molecule has 1 aliphatic rings. The summed E-state index contributed by atoms with van der Waals surface area (Å²) in [5, 5.41) is 19.8. The Hall–Kier alpha value is -3.90. The van der Waals surface area contributed by atoms with E-state index in [1.807, 2.05) is 38.1 Å². The van der Waals surface area contributed by atoms with Gasteiger partial charge in [-0.3, -0.25) is 14.5 Å². The largest absolute Gasteiger partial charge is 0.341 e. The minimum absolute atomic E-state index is 0.0854. The van der Waals surface area contributed by atoms with Crippen LogP contribution >= 0.6 is 0 Å². The molecular weight excluding hydrogens is 468 g/mol. The van der Waals surface area contributed by atoms with Gasteiger partial charge in [-0.25, -0.2) is 4.79 Å². The molecule has 1 unspecified atom stereocenters. The van der Waals surface area contributed by atoms with Crippen LogP contribution < -0.4 is 21.3 Å². The number of anilines is 1. The molecule has 4 amide bonds. The lowest BCUT2D eigenvalue weighted by Gasteiger charge is -2.32. The number of urea groups is 1. The third-order valence-electron chi connectivity index (χ3n) is 6.23. The van der Waals surface area contributed by atoms with E-state index in [0.29, 0.717) is 17.7 Å². The summed E-state index contributed by atoms with van der Waals surface area (Å²) in [7, 11) is 0. The standard InChI is InChI=1S/C28H36N6O3/c1-20(2)17-25(27(36)30-14-13-29)33-26(35)22-9-6-10-24(18-22)32-28(37)31-23-11-15-34(16-12-23)19-21-7-4-3-5-8-21/h3-10,18,20,23,25H,11-12,14-17,19H2,1-2H3,(H,30,36)(H,33,35)(H2,31,32,37). The average molecular weight is 505 g/mol. The number of rotatable bonds is 10. The van der Waals surface area contributed by atoms with E-state index in [0.717, 1.165) is 32.5 Å². The highest BCUT2D eigenvalue weighted by molar-refractivity contribution is 5.99. The SMILES string of the molecule is CC(C)CC(NC(=O)c1cccc(NC(=O)NC2CCN(Cc3ccccc3)CC2)c1)C(=O)NCC#N. The lowest BCUT2D eigenvalue weighted by atomic mass is 10.0. The number of hydrogen-bond acceptors (Lipinski definition) is 5. The highest BCUT2D eigenvalue weighted by atomic mass is 16.2. The Kier molecular flexibility index (Phi) is 10.5. The van der Waals surface area contributed by atoms with Gasteiger partial charge in [0.2, 0.25) is 5.91 Å². The number of nitriles is 1. The van der Waals surface area contributed by atoms with Crippen molar-refractivity contribution in [2.45, 2.75) is 51.7 Å². The number of nitrogens with one attached hydrogen (secondary N) is 4. The molecular formula is C28H36N6O3. The van der Waals surface area contributed by atoms with Crippen LogP contribution in [0.5, 0.6) is 0 Å². The summed E-state index contributed by atoms with van der Waals surface area (Å²) in [6.07, 6.45) is 2.18. The van der Waals surface area contributed by atoms with E-state index in [1.165, 1.54) is 5.56 Å². The summed E-state index contributed by atoms with van der Waals surface area (Å²) in [5.41, 5.74) is 2.10. The molecule has 37 heavy (non-hydrogen) atoms. The first-order valence-corrected chi connectivity index (χ1v) is 12.7. The lowest BCUT2D eigenvalue weighted by Crippen LogP contribution is -2.47. The number of piperidine rings is 1. The predicted molar refractivity (Wildman–Crippen MR) is 143 cm³/mol. The van der Waals surface area contributed by atoms with Gasteiger partial charge in [-0.1, -0.05) is 50.2 Å². The molecule has 4 N–H and O–H groups in total. The molecule has 0 spiro atoms. The number of nitrogens with zero attached hydrogens (tertiary/aromatic N) is 2. The van der Waals surface area contributed by atoms with Crippen LogP contribution in [0.15, 0.2) is 54.6 Å². The van der Waals surface area contributed by atoms with Crippen molar-refractivity contribution in [2.75, 3.05) is 25.0 Å². The van der Waals surface area contributed by atoms with Crippen molar-refractivity contribution in [3.63, 3.8) is 0 Å². The van der Waals surface area contributed by atoms with Gasteiger partial charge in [-0.05, 0) is 48.9 Å². The number of benzene rings is 2. The topological polar surface area (TPSA) is 126 Å². The Morgan fingerprint density at radius 1 is 1.05 bits per heavy atom. The quantitative estimate of drug-likeness (QED) is 0.370. The molecule has 9 heteroatoms. The summed E-state index contributed by atoms with van der Waals surface area (Å²) in [4.78, 5) is 40.2. The molecule has 3 rings (SSSR count). The molecule has 0 radical (unpaired) electrons. The van der Waals surface area contributed by atoms with Gasteiger partial charge in [0.25, 0.3) is 5.91 Å². The fourth-order valence-electron chi connectivity index (χ4n) is 4.36. The minimum atomic E-state index is -0.756. The molecule has 2 aromatic carbocycles. The monoisotopic (exact) mass is 504 g/mol. The summed E-state index contributed by atoms with van der Waals surface area (Å²) in [5.74, 6) is -0.653. The van der Waals surface area contributed by atoms with Gasteiger partial charge >= 0.3 is 6.03 Å². The molecule has 1 heterocycles. The average Bonchev–Trinajstić information content (AvgIpc) is 2.88. The second-order valence-electron chi connectivity index (χ2n) is 9.75. The zero-order valence-electron chi connectivity index (χ0n) is 21.5. The highest BCUT2D eigenvalue weighted by Crippen LogP contribution is 2.15. The van der Waals surface area contributed by atoms with Gasteiger partial charge in [0.15, 0.2) is 0 Å². The Labute approximate surface area is 218 Å². The number of likely N-dealkylation sites (tertiary alicyclic amines) is 1. The number of carbonyl (C=O) groups is 3. The third kappa shape index (κ3) is 9.24. The van der Waals surface area contributed by atoms with Gasteiger partial charge in [-0.2, -0.15) is 5.26 Å². The maximum Gasteiger partial charge on any atom is 0.319 e. The van der Waals surface area contributed by atoms with E-state index in [1.54, 1.807) is 24.3 Å². The van der Waals surface area contributed by atoms with E-state index < -0.39 is 17.9 Å². The fraction of sp³-hybridized carbons (Fsp3) is 0.429. The molecule has 0 saturated carbocycles. The normalized spacial score (nSPS) is 14.9. The summed E-state index contributed by atoms with van der Waals surface area (Å²) >= 11 is 0. The summed E-state index contributed by atoms with van der Waals surface area (Å²) in [6, 6.07) is 17.8. The van der Waals surface area contributed by atoms with Gasteiger partial charge < -0.3 is 21.3 Å². The molecule has 0 bridgehead atoms. The van der Waals surface area contributed by atoms with Crippen molar-refractivity contribution < 1.29 is 14.4 Å². The maximum absolute atomic E-state index is 12.8. The van der Waals surface area contributed by atoms with Crippen molar-refractivity contribution in [2.24, 2.45) is 5.92 Å². The van der Waals surface area contributed by atoms with Crippen LogP contribution in [0.3, 0.4) is 0 Å². The zero-order valence-corrected chi connectivity index (χ0v) is 21.5. The van der Waals surface area contributed by atoms with Crippen LogP contribution in [-0.2, 0) is 11.3 Å². The fourth-order valence-corrected chi connectivity index (χ4v) is 4.36. The number of amides is 4. The van der Waals surface area contributed by atoms with Crippen molar-refractivity contribution in [1.29, 1.82) is 5.26 Å². The first-order valence-electron chi connectivity index (χ1n) is 12.7. The predicted octanol–water partition coefficient (Wildman–Crippen LogP) is 3.26. The van der Waals surface area contributed by atoms with E-state index in [-0.39, 0.29) is 24.5 Å². The first kappa shape index (κ1) is 27.7. The van der Waals surface area contributed by atoms with Gasteiger partial charge in [0.1, 0.15) is 12.6 Å². The maximum atomic E-state index is 12.8. The smallest absolute Gasteiger partial charge is 0.319 e. The molecule has 1 saturated heterocycles. The molecule has 1 aliphatic heterocycles. The first-order chi connectivity index (χ1) is 17.8. The van der Waals surface area contributed by atoms with Crippen LogP contribution in [0.25, 0.3) is 0 Å². The molecule has 196 valence electrons. The second-order valence-corrected chi connectivity index (χ2v) is 9.75. The van der Waals surface area contributed by atoms with E-state index in [9.17, 15) is 14.4 Å². The van der Waals surface area contributed by atoms with Gasteiger partial charge in [0, 0.05) is 36.9 Å². The van der Waals surface area contributed by atoms with Crippen molar-refractivity contribution in [3.05, 3.63) is 65.7 Å². The van der Waals surface area contributed by atoms with Crippen molar-refractivity contribution >= 4 is 23.5 Å². The number of hydrogen-bond donors (Lipinski definition) is 4. The van der Waals surface area contributed by atoms with Crippen LogP contribution in [0.4, 0.5) is 10.5 Å². The van der Waals surface area contributed by atoms with Crippen LogP contribution in [0, 0.1) is 17.2 Å². The second kappa shape index (κ2) is 14.0. The van der Waals surface area contributed by atoms with Crippen LogP contribution in [-0.4, -0.2) is 54.5 Å². The van der Waals surface area contributed by atoms with Crippen molar-refractivity contribution in [3.8, 4) is 6.07 Å². The minimum Gasteiger partial charge on any atom is -0.341 e. The number of carbonyl (C=O) groups excluding carboxylic acids is 3. The van der Waals surface area contributed by atoms with Crippen LogP contribution in [0.1, 0.15) is 49.0 Å². The lowest BCUT2D eigenvalue weighted by molar-refractivity contribution is -0.123. The van der Waals surface area contributed by atoms with Gasteiger partial charge in [-0.15, -0.1) is 0 Å². The highest BCUT2D eigenvalue weighted by Gasteiger charge is 2.23. The summed E-state index contributed by atoms with van der Waals surface area (Å²) in [6.45, 7) is 6.51. The Balaban J connectivity index is 1.49. The summed E-state index contributed by atoms with van der Waals surface area (Å²) < 4.78 is 0. The molecule has 0 aliphatic carbocycles. The third-order valence-corrected chi connectivity index (χ3v) is 6.23. The zero-order chi connectivity index (χ0) is 26.6. The Morgan fingerprint density at radius 3 is 2.46 bits per heavy atom.